The number of amides is 2. The molecule has 0 bridgehead atoms. The summed E-state index contributed by atoms with van der Waals surface area (Å²) in [6.07, 6.45) is 0.637. The first-order valence-electron chi connectivity index (χ1n) is 6.25. The number of carbonyl (C=O) groups is 1. The Kier molecular flexibility index (Phi) is 4.09. The summed E-state index contributed by atoms with van der Waals surface area (Å²) in [5.41, 5.74) is 0.805. The first-order chi connectivity index (χ1) is 8.98. The molecule has 0 aromatic heterocycles. The van der Waals surface area contributed by atoms with Crippen molar-refractivity contribution < 1.29 is 13.2 Å². The predicted molar refractivity (Wildman–Crippen MR) is 75.0 cm³/mol. The van der Waals surface area contributed by atoms with E-state index in [1.807, 2.05) is 30.3 Å². The molecule has 0 saturated carbocycles. The molecule has 0 aliphatic carbocycles. The van der Waals surface area contributed by atoms with Gasteiger partial charge in [-0.2, -0.15) is 0 Å². The van der Waals surface area contributed by atoms with Crippen LogP contribution in [0.25, 0.3) is 0 Å². The van der Waals surface area contributed by atoms with Gasteiger partial charge in [0.2, 0.25) is 0 Å². The van der Waals surface area contributed by atoms with Crippen LogP contribution >= 0.6 is 0 Å². The summed E-state index contributed by atoms with van der Waals surface area (Å²) in [7, 11) is -1.19. The lowest BCUT2D eigenvalue weighted by Crippen LogP contribution is -2.39. The van der Waals surface area contributed by atoms with Crippen LogP contribution in [0.15, 0.2) is 30.3 Å². The highest BCUT2D eigenvalue weighted by atomic mass is 32.2. The number of hydrogen-bond donors (Lipinski definition) is 1. The third kappa shape index (κ3) is 3.70. The van der Waals surface area contributed by atoms with Crippen LogP contribution in [0.5, 0.6) is 0 Å². The maximum Gasteiger partial charge on any atom is 0.321 e. The van der Waals surface area contributed by atoms with E-state index in [1.54, 1.807) is 7.05 Å². The fraction of sp³-hybridized carbons (Fsp3) is 0.462. The number of urea groups is 1. The Bertz CT molecular complexity index is 542. The third-order valence-corrected chi connectivity index (χ3v) is 5.15. The number of nitrogens with one attached hydrogen (secondary N) is 1. The molecular weight excluding hydrogens is 264 g/mol. The molecule has 0 spiro atoms. The Balaban J connectivity index is 1.85. The van der Waals surface area contributed by atoms with E-state index >= 15 is 0 Å². The van der Waals surface area contributed by atoms with Crippen LogP contribution < -0.4 is 10.2 Å². The Hall–Kier alpha value is -1.56. The molecule has 2 amide bonds. The van der Waals surface area contributed by atoms with Crippen molar-refractivity contribution in [3.05, 3.63) is 30.3 Å². The van der Waals surface area contributed by atoms with Gasteiger partial charge in [-0.3, -0.25) is 4.90 Å². The zero-order valence-corrected chi connectivity index (χ0v) is 11.7. The Morgan fingerprint density at radius 3 is 2.63 bits per heavy atom. The fourth-order valence-electron chi connectivity index (χ4n) is 2.15. The van der Waals surface area contributed by atoms with Crippen molar-refractivity contribution >= 4 is 21.6 Å². The molecule has 1 saturated heterocycles. The normalized spacial score (nSPS) is 21.0. The summed E-state index contributed by atoms with van der Waals surface area (Å²) in [5.74, 6) is 0.461. The molecule has 1 N–H and O–H groups in total. The van der Waals surface area contributed by atoms with Gasteiger partial charge < -0.3 is 5.32 Å². The van der Waals surface area contributed by atoms with Gasteiger partial charge in [0.1, 0.15) is 0 Å². The predicted octanol–water partition coefficient (Wildman–Crippen LogP) is 1.27. The highest BCUT2D eigenvalue weighted by Gasteiger charge is 2.28. The number of benzene rings is 1. The molecule has 1 unspecified atom stereocenters. The lowest BCUT2D eigenvalue weighted by Gasteiger charge is -2.19. The fourth-order valence-corrected chi connectivity index (χ4v) is 4.01. The van der Waals surface area contributed by atoms with Gasteiger partial charge in [0, 0.05) is 19.3 Å². The first kappa shape index (κ1) is 13.9. The summed E-state index contributed by atoms with van der Waals surface area (Å²) < 4.78 is 22.6. The van der Waals surface area contributed by atoms with Crippen molar-refractivity contribution in [3.8, 4) is 0 Å². The van der Waals surface area contributed by atoms with Crippen LogP contribution in [0.1, 0.15) is 6.42 Å². The van der Waals surface area contributed by atoms with E-state index in [2.05, 4.69) is 5.32 Å². The molecule has 6 heteroatoms. The molecule has 1 aliphatic rings. The number of carbonyl (C=O) groups excluding carboxylic acids is 1. The van der Waals surface area contributed by atoms with E-state index in [-0.39, 0.29) is 23.5 Å². The topological polar surface area (TPSA) is 66.5 Å². The van der Waals surface area contributed by atoms with Gasteiger partial charge in [0.05, 0.1) is 11.5 Å². The zero-order valence-electron chi connectivity index (χ0n) is 10.9. The second-order valence-electron chi connectivity index (χ2n) is 4.85. The molecular formula is C13H18N2O3S. The van der Waals surface area contributed by atoms with Crippen LogP contribution in [-0.2, 0) is 9.84 Å². The van der Waals surface area contributed by atoms with Crippen LogP contribution in [0.3, 0.4) is 0 Å². The molecule has 104 valence electrons. The number of sulfone groups is 1. The zero-order chi connectivity index (χ0) is 13.9. The van der Waals surface area contributed by atoms with Gasteiger partial charge in [-0.1, -0.05) is 18.2 Å². The summed E-state index contributed by atoms with van der Waals surface area (Å²) >= 11 is 0. The molecule has 0 radical (unpaired) electrons. The van der Waals surface area contributed by atoms with E-state index in [9.17, 15) is 13.2 Å². The van der Waals surface area contributed by atoms with Crippen molar-refractivity contribution in [1.82, 2.24) is 5.32 Å². The molecule has 1 aromatic carbocycles. The minimum absolute atomic E-state index is 0.0399. The molecule has 1 fully saturated rings. The molecule has 1 aromatic rings. The lowest BCUT2D eigenvalue weighted by molar-refractivity contribution is 0.246. The molecule has 2 rings (SSSR count). The summed E-state index contributed by atoms with van der Waals surface area (Å²) in [4.78, 5) is 13.4. The average Bonchev–Trinajstić information content (AvgIpc) is 2.76. The average molecular weight is 282 g/mol. The van der Waals surface area contributed by atoms with Crippen molar-refractivity contribution in [2.24, 2.45) is 5.92 Å². The van der Waals surface area contributed by atoms with Gasteiger partial charge in [-0.15, -0.1) is 0 Å². The van der Waals surface area contributed by atoms with E-state index in [0.29, 0.717) is 13.0 Å². The molecule has 1 atom stereocenters. The highest BCUT2D eigenvalue weighted by molar-refractivity contribution is 7.91. The van der Waals surface area contributed by atoms with Crippen molar-refractivity contribution in [2.45, 2.75) is 6.42 Å². The molecule has 1 heterocycles. The largest absolute Gasteiger partial charge is 0.337 e. The number of rotatable bonds is 3. The highest BCUT2D eigenvalue weighted by Crippen LogP contribution is 2.17. The summed E-state index contributed by atoms with van der Waals surface area (Å²) in [6.45, 7) is 0.412. The van der Waals surface area contributed by atoms with E-state index in [4.69, 9.17) is 0 Å². The Labute approximate surface area is 113 Å². The quantitative estimate of drug-likeness (QED) is 0.908. The Morgan fingerprint density at radius 2 is 2.05 bits per heavy atom. The first-order valence-corrected chi connectivity index (χ1v) is 8.07. The number of nitrogens with zero attached hydrogens (tertiary/aromatic N) is 1. The van der Waals surface area contributed by atoms with Crippen molar-refractivity contribution in [3.63, 3.8) is 0 Å². The minimum atomic E-state index is -2.88. The van der Waals surface area contributed by atoms with E-state index in [0.717, 1.165) is 5.69 Å². The third-order valence-electron chi connectivity index (χ3n) is 3.32. The maximum absolute atomic E-state index is 11.9. The second kappa shape index (κ2) is 5.61. The molecule has 5 nitrogen and oxygen atoms in total. The smallest absolute Gasteiger partial charge is 0.321 e. The van der Waals surface area contributed by atoms with Gasteiger partial charge in [0.15, 0.2) is 9.84 Å². The van der Waals surface area contributed by atoms with Crippen molar-refractivity contribution in [2.75, 3.05) is 30.0 Å². The second-order valence-corrected chi connectivity index (χ2v) is 7.08. The standard InChI is InChI=1S/C13H18N2O3S/c1-15(12-5-3-2-4-6-12)13(16)14-9-11-7-8-19(17,18)10-11/h2-6,11H,7-10H2,1H3,(H,14,16). The van der Waals surface area contributed by atoms with E-state index in [1.165, 1.54) is 4.90 Å². The van der Waals surface area contributed by atoms with Gasteiger partial charge >= 0.3 is 6.03 Å². The monoisotopic (exact) mass is 282 g/mol. The van der Waals surface area contributed by atoms with E-state index < -0.39 is 9.84 Å². The summed E-state index contributed by atoms with van der Waals surface area (Å²) in [6, 6.07) is 9.10. The summed E-state index contributed by atoms with van der Waals surface area (Å²) in [5, 5.41) is 2.78. The minimum Gasteiger partial charge on any atom is -0.337 e. The molecule has 1 aliphatic heterocycles. The van der Waals surface area contributed by atoms with Crippen LogP contribution in [-0.4, -0.2) is 39.5 Å². The van der Waals surface area contributed by atoms with Gasteiger partial charge in [-0.05, 0) is 24.5 Å². The number of anilines is 1. The maximum atomic E-state index is 11.9. The lowest BCUT2D eigenvalue weighted by atomic mass is 10.1. The van der Waals surface area contributed by atoms with Gasteiger partial charge in [-0.25, -0.2) is 13.2 Å². The van der Waals surface area contributed by atoms with Crippen LogP contribution in [0, 0.1) is 5.92 Å². The SMILES string of the molecule is CN(C(=O)NCC1CCS(=O)(=O)C1)c1ccccc1. The van der Waals surface area contributed by atoms with Crippen molar-refractivity contribution in [1.29, 1.82) is 0 Å². The number of para-hydroxylation sites is 1. The van der Waals surface area contributed by atoms with Gasteiger partial charge in [0.25, 0.3) is 0 Å². The number of hydrogen-bond acceptors (Lipinski definition) is 3. The Morgan fingerprint density at radius 1 is 1.37 bits per heavy atom. The molecule has 19 heavy (non-hydrogen) atoms. The van der Waals surface area contributed by atoms with Crippen LogP contribution in [0.2, 0.25) is 0 Å². The van der Waals surface area contributed by atoms with Crippen LogP contribution in [0.4, 0.5) is 10.5 Å².